The van der Waals surface area contributed by atoms with E-state index in [2.05, 4.69) is 4.72 Å². The summed E-state index contributed by atoms with van der Waals surface area (Å²) in [7, 11) is -3.97. The molecule has 0 saturated heterocycles. The van der Waals surface area contributed by atoms with Crippen molar-refractivity contribution in [2.24, 2.45) is 0 Å². The summed E-state index contributed by atoms with van der Waals surface area (Å²) in [6, 6.07) is 7.49. The average molecular weight is 262 g/mol. The lowest BCUT2D eigenvalue weighted by Crippen LogP contribution is -2.23. The van der Waals surface area contributed by atoms with Crippen LogP contribution in [0.2, 0.25) is 0 Å². The highest BCUT2D eigenvalue weighted by molar-refractivity contribution is 7.89. The Kier molecular flexibility index (Phi) is 3.22. The molecule has 0 aliphatic heterocycles. The number of hydrogen-bond donors (Lipinski definition) is 0. The molecule has 0 spiro atoms. The van der Waals surface area contributed by atoms with Crippen molar-refractivity contribution < 1.29 is 18.0 Å². The number of sulfonamides is 1. The van der Waals surface area contributed by atoms with Crippen LogP contribution in [-0.2, 0) is 19.6 Å². The first kappa shape index (κ1) is 12.4. The molecule has 0 aromatic heterocycles. The Morgan fingerprint density at radius 3 is 2.28 bits per heavy atom. The summed E-state index contributed by atoms with van der Waals surface area (Å²) in [4.78, 5) is 22.4. The molecule has 0 amide bonds. The Morgan fingerprint density at radius 1 is 0.944 bits per heavy atom. The second-order valence-corrected chi connectivity index (χ2v) is 5.11. The van der Waals surface area contributed by atoms with Gasteiger partial charge in [-0.05, 0) is 24.3 Å². The summed E-state index contributed by atoms with van der Waals surface area (Å²) >= 11 is 0. The van der Waals surface area contributed by atoms with Crippen molar-refractivity contribution in [2.45, 2.75) is 4.90 Å². The molecule has 1 aliphatic carbocycles. The molecule has 6 heteroatoms. The van der Waals surface area contributed by atoms with Crippen LogP contribution in [0.25, 0.3) is 0 Å². The third kappa shape index (κ3) is 2.61. The van der Waals surface area contributed by atoms with E-state index in [0.717, 1.165) is 18.2 Å². The van der Waals surface area contributed by atoms with Gasteiger partial charge in [0.2, 0.25) is 4.72 Å². The van der Waals surface area contributed by atoms with Crippen LogP contribution in [0, 0.1) is 0 Å². The molecule has 2 radical (unpaired) electrons. The minimum Gasteiger partial charge on any atom is -0.290 e. The van der Waals surface area contributed by atoms with Gasteiger partial charge in [-0.1, -0.05) is 18.2 Å². The molecule has 5 nitrogen and oxygen atoms in total. The SMILES string of the molecule is O=C1C=CC(=O)C([N+]S(=O)(=O)c2ccccc2)=C1. The Balaban J connectivity index is 2.30. The molecular formula is C12H8NO4S+. The molecule has 1 aromatic carbocycles. The normalized spacial score (nSPS) is 15.7. The number of hydrogen-bond acceptors (Lipinski definition) is 4. The summed E-state index contributed by atoms with van der Waals surface area (Å²) in [6.07, 6.45) is 2.97. The van der Waals surface area contributed by atoms with Gasteiger partial charge in [0.15, 0.2) is 5.78 Å². The Labute approximate surface area is 104 Å². The number of nitrogens with zero attached hydrogens (tertiary/aromatic N) is 1. The zero-order valence-corrected chi connectivity index (χ0v) is 9.92. The number of ketones is 2. The van der Waals surface area contributed by atoms with Crippen LogP contribution in [0.4, 0.5) is 0 Å². The minimum atomic E-state index is -3.97. The standard InChI is InChI=1S/C12H8NO4S/c14-9-6-7-12(15)11(8-9)13-18(16,17)10-4-2-1-3-5-10/h1-8H/q+1. The first-order valence-electron chi connectivity index (χ1n) is 5.00. The topological polar surface area (TPSA) is 82.4 Å². The zero-order valence-electron chi connectivity index (χ0n) is 9.11. The molecule has 0 heterocycles. The van der Waals surface area contributed by atoms with Gasteiger partial charge in [0.05, 0.1) is 6.08 Å². The summed E-state index contributed by atoms with van der Waals surface area (Å²) < 4.78 is 27.1. The molecule has 0 bridgehead atoms. The Hall–Kier alpha value is -2.05. The molecule has 0 saturated carbocycles. The molecule has 90 valence electrons. The maximum Gasteiger partial charge on any atom is 0.434 e. The largest absolute Gasteiger partial charge is 0.434 e. The van der Waals surface area contributed by atoms with Crippen LogP contribution in [0.1, 0.15) is 0 Å². The van der Waals surface area contributed by atoms with Gasteiger partial charge in [0.1, 0.15) is 4.90 Å². The first-order valence-corrected chi connectivity index (χ1v) is 6.44. The number of rotatable bonds is 3. The van der Waals surface area contributed by atoms with Crippen LogP contribution in [0.3, 0.4) is 0 Å². The predicted molar refractivity (Wildman–Crippen MR) is 63.0 cm³/mol. The molecule has 0 N–H and O–H groups in total. The second kappa shape index (κ2) is 4.67. The van der Waals surface area contributed by atoms with Crippen molar-refractivity contribution >= 4 is 21.6 Å². The van der Waals surface area contributed by atoms with E-state index in [9.17, 15) is 18.0 Å². The van der Waals surface area contributed by atoms with E-state index in [1.54, 1.807) is 18.2 Å². The fourth-order valence-corrected chi connectivity index (χ4v) is 2.35. The summed E-state index contributed by atoms with van der Waals surface area (Å²) in [6.45, 7) is 0. The molecule has 0 atom stereocenters. The van der Waals surface area contributed by atoms with Crippen LogP contribution < -0.4 is 4.72 Å². The first-order chi connectivity index (χ1) is 8.49. The number of benzene rings is 1. The molecule has 0 fully saturated rings. The van der Waals surface area contributed by atoms with E-state index >= 15 is 0 Å². The lowest BCUT2D eigenvalue weighted by Gasteiger charge is -1.95. The zero-order chi connectivity index (χ0) is 13.2. The van der Waals surface area contributed by atoms with E-state index < -0.39 is 21.6 Å². The summed E-state index contributed by atoms with van der Waals surface area (Å²) in [5.74, 6) is -1.06. The maximum atomic E-state index is 11.9. The van der Waals surface area contributed by atoms with Crippen molar-refractivity contribution in [2.75, 3.05) is 0 Å². The minimum absolute atomic E-state index is 0.0271. The highest BCUT2D eigenvalue weighted by Crippen LogP contribution is 2.13. The predicted octanol–water partition coefficient (Wildman–Crippen LogP) is 0.572. The van der Waals surface area contributed by atoms with Crippen molar-refractivity contribution in [3.8, 4) is 0 Å². The van der Waals surface area contributed by atoms with Gasteiger partial charge in [-0.15, -0.1) is 0 Å². The third-order valence-electron chi connectivity index (χ3n) is 2.19. The second-order valence-electron chi connectivity index (χ2n) is 3.51. The van der Waals surface area contributed by atoms with Gasteiger partial charge in [0, 0.05) is 0 Å². The fourth-order valence-electron chi connectivity index (χ4n) is 1.34. The van der Waals surface area contributed by atoms with Gasteiger partial charge in [-0.2, -0.15) is 8.42 Å². The van der Waals surface area contributed by atoms with Crippen molar-refractivity contribution in [1.29, 1.82) is 0 Å². The van der Waals surface area contributed by atoms with E-state index in [1.807, 2.05) is 0 Å². The van der Waals surface area contributed by atoms with E-state index in [1.165, 1.54) is 12.1 Å². The van der Waals surface area contributed by atoms with E-state index in [0.29, 0.717) is 0 Å². The van der Waals surface area contributed by atoms with E-state index in [4.69, 9.17) is 0 Å². The molecule has 1 aromatic rings. The molecule has 0 unspecified atom stereocenters. The van der Waals surface area contributed by atoms with E-state index in [-0.39, 0.29) is 10.6 Å². The van der Waals surface area contributed by atoms with Crippen LogP contribution >= 0.6 is 0 Å². The highest BCUT2D eigenvalue weighted by Gasteiger charge is 2.37. The lowest BCUT2D eigenvalue weighted by atomic mass is 10.1. The van der Waals surface area contributed by atoms with Crippen LogP contribution in [-0.4, -0.2) is 20.0 Å². The van der Waals surface area contributed by atoms with Crippen molar-refractivity contribution in [1.82, 2.24) is 4.72 Å². The summed E-state index contributed by atoms with van der Waals surface area (Å²) in [5.41, 5.74) is -0.369. The smallest absolute Gasteiger partial charge is 0.290 e. The van der Waals surface area contributed by atoms with Crippen molar-refractivity contribution in [3.05, 3.63) is 54.3 Å². The van der Waals surface area contributed by atoms with Crippen LogP contribution in [0.5, 0.6) is 0 Å². The summed E-state index contributed by atoms with van der Waals surface area (Å²) in [5, 5.41) is 0. The van der Waals surface area contributed by atoms with Gasteiger partial charge in [0.25, 0.3) is 5.78 Å². The highest BCUT2D eigenvalue weighted by atomic mass is 32.2. The van der Waals surface area contributed by atoms with Gasteiger partial charge in [-0.25, -0.2) is 0 Å². The molecule has 2 rings (SSSR count). The fraction of sp³-hybridized carbons (Fsp3) is 0. The Morgan fingerprint density at radius 2 is 1.61 bits per heavy atom. The molecule has 18 heavy (non-hydrogen) atoms. The average Bonchev–Trinajstić information content (AvgIpc) is 2.35. The monoisotopic (exact) mass is 262 g/mol. The lowest BCUT2D eigenvalue weighted by molar-refractivity contribution is -0.114. The third-order valence-corrected chi connectivity index (χ3v) is 3.49. The number of carbonyl (C=O) groups is 2. The van der Waals surface area contributed by atoms with Gasteiger partial charge < -0.3 is 0 Å². The van der Waals surface area contributed by atoms with Gasteiger partial charge >= 0.3 is 15.7 Å². The number of carbonyl (C=O) groups excluding carboxylic acids is 2. The molecular weight excluding hydrogens is 254 g/mol. The maximum absolute atomic E-state index is 11.9. The molecule has 1 aliphatic rings. The van der Waals surface area contributed by atoms with Crippen LogP contribution in [0.15, 0.2) is 59.2 Å². The quantitative estimate of drug-likeness (QED) is 0.746. The Bertz CT molecular complexity index is 657. The number of allylic oxidation sites excluding steroid dienone is 3. The van der Waals surface area contributed by atoms with Crippen molar-refractivity contribution in [3.63, 3.8) is 0 Å². The van der Waals surface area contributed by atoms with Gasteiger partial charge in [-0.3, -0.25) is 9.59 Å².